The molecule has 0 saturated heterocycles. The van der Waals surface area contributed by atoms with Crippen molar-refractivity contribution in [3.8, 4) is 0 Å². The lowest BCUT2D eigenvalue weighted by atomic mass is 10.1. The minimum atomic E-state index is -0.516. The van der Waals surface area contributed by atoms with Crippen LogP contribution >= 0.6 is 0 Å². The average Bonchev–Trinajstić information content (AvgIpc) is 1.85. The molecule has 2 heteroatoms. The molecule has 1 radical (unpaired) electrons. The van der Waals surface area contributed by atoms with Gasteiger partial charge in [0.15, 0.2) is 0 Å². The molecule has 8 heavy (non-hydrogen) atoms. The molecule has 47 valence electrons. The lowest BCUT2D eigenvalue weighted by molar-refractivity contribution is 0.0438. The summed E-state index contributed by atoms with van der Waals surface area (Å²) in [6.07, 6.45) is 0.275. The highest BCUT2D eigenvalue weighted by molar-refractivity contribution is 4.83. The number of rotatable bonds is 0. The fourth-order valence-electron chi connectivity index (χ4n) is 1.09. The van der Waals surface area contributed by atoms with Gasteiger partial charge in [0.25, 0.3) is 0 Å². The summed E-state index contributed by atoms with van der Waals surface area (Å²) in [5.41, 5.74) is 0. The normalized spacial score (nSPS) is 47.6. The zero-order chi connectivity index (χ0) is 6.15. The molecule has 1 saturated carbocycles. The topological polar surface area (TPSA) is 40.5 Å². The summed E-state index contributed by atoms with van der Waals surface area (Å²) in [5.74, 6) is 0.250. The van der Waals surface area contributed by atoms with Crippen LogP contribution in [0.15, 0.2) is 0 Å². The van der Waals surface area contributed by atoms with E-state index in [9.17, 15) is 0 Å². The van der Waals surface area contributed by atoms with Gasteiger partial charge in [0.05, 0.1) is 12.2 Å². The van der Waals surface area contributed by atoms with Crippen molar-refractivity contribution in [3.63, 3.8) is 0 Å². The van der Waals surface area contributed by atoms with Crippen LogP contribution in [0.1, 0.15) is 12.8 Å². The van der Waals surface area contributed by atoms with Gasteiger partial charge in [0.2, 0.25) is 0 Å². The zero-order valence-electron chi connectivity index (χ0n) is 4.75. The highest BCUT2D eigenvalue weighted by Crippen LogP contribution is 2.24. The molecule has 2 nitrogen and oxygen atoms in total. The maximum atomic E-state index is 8.88. The highest BCUT2D eigenvalue weighted by atomic mass is 16.3. The number of aliphatic hydroxyl groups is 2. The van der Waals surface area contributed by atoms with E-state index < -0.39 is 12.2 Å². The standard InChI is InChI=1S/C6H11O2/c1-4-2-5(7)6(8)3-4/h4-8H,1-3H2. The van der Waals surface area contributed by atoms with Crippen LogP contribution < -0.4 is 0 Å². The molecule has 1 rings (SSSR count). The fourth-order valence-corrected chi connectivity index (χ4v) is 1.09. The van der Waals surface area contributed by atoms with E-state index in [4.69, 9.17) is 10.2 Å². The molecule has 0 bridgehead atoms. The molecule has 0 aromatic carbocycles. The summed E-state index contributed by atoms with van der Waals surface area (Å²) in [6.45, 7) is 3.72. The molecular weight excluding hydrogens is 104 g/mol. The van der Waals surface area contributed by atoms with Crippen molar-refractivity contribution in [2.45, 2.75) is 25.0 Å². The Bertz CT molecular complexity index is 72.6. The van der Waals surface area contributed by atoms with E-state index >= 15 is 0 Å². The second-order valence-electron chi connectivity index (χ2n) is 2.47. The van der Waals surface area contributed by atoms with E-state index in [-0.39, 0.29) is 5.92 Å². The summed E-state index contributed by atoms with van der Waals surface area (Å²) in [5, 5.41) is 17.8. The molecule has 0 aliphatic heterocycles. The van der Waals surface area contributed by atoms with E-state index in [1.807, 2.05) is 0 Å². The maximum Gasteiger partial charge on any atom is 0.0801 e. The van der Waals surface area contributed by atoms with Crippen molar-refractivity contribution in [1.82, 2.24) is 0 Å². The molecule has 0 amide bonds. The maximum absolute atomic E-state index is 8.88. The van der Waals surface area contributed by atoms with Gasteiger partial charge in [-0.05, 0) is 25.7 Å². The van der Waals surface area contributed by atoms with Gasteiger partial charge in [0, 0.05) is 0 Å². The molecule has 1 fully saturated rings. The van der Waals surface area contributed by atoms with Gasteiger partial charge in [-0.3, -0.25) is 0 Å². The van der Waals surface area contributed by atoms with Crippen LogP contribution in [-0.4, -0.2) is 22.4 Å². The quantitative estimate of drug-likeness (QED) is 0.465. The van der Waals surface area contributed by atoms with Gasteiger partial charge < -0.3 is 10.2 Å². The first kappa shape index (κ1) is 6.05. The molecule has 1 aliphatic rings. The zero-order valence-corrected chi connectivity index (χ0v) is 4.75. The molecular formula is C6H11O2. The van der Waals surface area contributed by atoms with Crippen molar-refractivity contribution in [3.05, 3.63) is 6.92 Å². The Morgan fingerprint density at radius 3 is 1.62 bits per heavy atom. The molecule has 1 aliphatic carbocycles. The smallest absolute Gasteiger partial charge is 0.0801 e. The van der Waals surface area contributed by atoms with Crippen molar-refractivity contribution in [2.75, 3.05) is 0 Å². The Morgan fingerprint density at radius 1 is 1.12 bits per heavy atom. The Hall–Kier alpha value is -0.0800. The van der Waals surface area contributed by atoms with Crippen molar-refractivity contribution >= 4 is 0 Å². The first-order valence-corrected chi connectivity index (χ1v) is 2.89. The summed E-state index contributed by atoms with van der Waals surface area (Å²) < 4.78 is 0. The van der Waals surface area contributed by atoms with Crippen LogP contribution in [-0.2, 0) is 0 Å². The lowest BCUT2D eigenvalue weighted by Gasteiger charge is -2.03. The van der Waals surface area contributed by atoms with Crippen LogP contribution in [0.2, 0.25) is 0 Å². The van der Waals surface area contributed by atoms with Gasteiger partial charge in [-0.25, -0.2) is 0 Å². The van der Waals surface area contributed by atoms with Crippen LogP contribution in [0.4, 0.5) is 0 Å². The van der Waals surface area contributed by atoms with Crippen molar-refractivity contribution in [2.24, 2.45) is 5.92 Å². The minimum Gasteiger partial charge on any atom is -0.390 e. The minimum absolute atomic E-state index is 0.250. The van der Waals surface area contributed by atoms with Gasteiger partial charge >= 0.3 is 0 Å². The van der Waals surface area contributed by atoms with Crippen LogP contribution in [0, 0.1) is 12.8 Å². The summed E-state index contributed by atoms with van der Waals surface area (Å²) in [6, 6.07) is 0. The fraction of sp³-hybridized carbons (Fsp3) is 0.833. The lowest BCUT2D eigenvalue weighted by Crippen LogP contribution is -2.17. The van der Waals surface area contributed by atoms with Crippen molar-refractivity contribution in [1.29, 1.82) is 0 Å². The van der Waals surface area contributed by atoms with E-state index in [1.54, 1.807) is 0 Å². The Labute approximate surface area is 49.1 Å². The third-order valence-corrected chi connectivity index (χ3v) is 1.59. The average molecular weight is 115 g/mol. The SMILES string of the molecule is [CH2]C1CC(O)C(O)C1. The summed E-state index contributed by atoms with van der Waals surface area (Å²) in [7, 11) is 0. The predicted molar refractivity (Wildman–Crippen MR) is 30.1 cm³/mol. The number of hydrogen-bond donors (Lipinski definition) is 2. The van der Waals surface area contributed by atoms with E-state index in [0.29, 0.717) is 12.8 Å². The van der Waals surface area contributed by atoms with Gasteiger partial charge in [0.1, 0.15) is 0 Å². The van der Waals surface area contributed by atoms with E-state index in [2.05, 4.69) is 6.92 Å². The van der Waals surface area contributed by atoms with Crippen LogP contribution in [0.5, 0.6) is 0 Å². The first-order valence-electron chi connectivity index (χ1n) is 2.89. The molecule has 0 spiro atoms. The largest absolute Gasteiger partial charge is 0.390 e. The second kappa shape index (κ2) is 2.03. The van der Waals surface area contributed by atoms with Crippen LogP contribution in [0.3, 0.4) is 0 Å². The molecule has 2 unspecified atom stereocenters. The number of aliphatic hydroxyl groups excluding tert-OH is 2. The summed E-state index contributed by atoms with van der Waals surface area (Å²) >= 11 is 0. The molecule has 2 atom stereocenters. The monoisotopic (exact) mass is 115 g/mol. The number of hydrogen-bond acceptors (Lipinski definition) is 2. The first-order chi connectivity index (χ1) is 3.70. The molecule has 0 aromatic rings. The van der Waals surface area contributed by atoms with Gasteiger partial charge in [-0.1, -0.05) is 0 Å². The third-order valence-electron chi connectivity index (χ3n) is 1.59. The van der Waals surface area contributed by atoms with Crippen molar-refractivity contribution < 1.29 is 10.2 Å². The predicted octanol–water partition coefficient (Wildman–Crippen LogP) is -0.0477. The molecule has 2 N–H and O–H groups in total. The van der Waals surface area contributed by atoms with Gasteiger partial charge in [-0.2, -0.15) is 0 Å². The highest BCUT2D eigenvalue weighted by Gasteiger charge is 2.27. The Morgan fingerprint density at radius 2 is 1.50 bits per heavy atom. The Balaban J connectivity index is 2.39. The van der Waals surface area contributed by atoms with Gasteiger partial charge in [-0.15, -0.1) is 0 Å². The third kappa shape index (κ3) is 1.01. The molecule has 0 heterocycles. The second-order valence-corrected chi connectivity index (χ2v) is 2.47. The van der Waals surface area contributed by atoms with Crippen LogP contribution in [0.25, 0.3) is 0 Å². The summed E-state index contributed by atoms with van der Waals surface area (Å²) in [4.78, 5) is 0. The molecule has 0 aromatic heterocycles. The van der Waals surface area contributed by atoms with E-state index in [1.165, 1.54) is 0 Å². The Kier molecular flexibility index (Phi) is 1.54. The van der Waals surface area contributed by atoms with E-state index in [0.717, 1.165) is 0 Å².